The maximum absolute atomic E-state index is 12.6. The van der Waals surface area contributed by atoms with Crippen LogP contribution in [0.1, 0.15) is 30.1 Å². The molecule has 1 atom stereocenters. The average molecular weight is 302 g/mol. The zero-order valence-electron chi connectivity index (χ0n) is 12.4. The van der Waals surface area contributed by atoms with Gasteiger partial charge in [-0.3, -0.25) is 14.4 Å². The van der Waals surface area contributed by atoms with Gasteiger partial charge in [0.05, 0.1) is 0 Å². The number of amides is 2. The number of ether oxygens (including phenoxy) is 1. The Hall–Kier alpha value is -2.37. The number of carbonyl (C=O) groups excluding carboxylic acids is 3. The summed E-state index contributed by atoms with van der Waals surface area (Å²) in [6.45, 7) is 3.19. The lowest BCUT2D eigenvalue weighted by atomic mass is 9.86. The van der Waals surface area contributed by atoms with E-state index in [0.717, 1.165) is 6.42 Å². The van der Waals surface area contributed by atoms with Crippen LogP contribution in [0.3, 0.4) is 0 Å². The quantitative estimate of drug-likeness (QED) is 0.652. The molecule has 0 aromatic heterocycles. The summed E-state index contributed by atoms with van der Waals surface area (Å²) in [4.78, 5) is 36.8. The summed E-state index contributed by atoms with van der Waals surface area (Å²) < 4.78 is 5.01. The van der Waals surface area contributed by atoms with E-state index < -0.39 is 5.97 Å². The molecule has 6 nitrogen and oxygen atoms in total. The van der Waals surface area contributed by atoms with Crippen LogP contribution in [0.4, 0.5) is 0 Å². The summed E-state index contributed by atoms with van der Waals surface area (Å²) in [5.74, 6) is -0.0818. The van der Waals surface area contributed by atoms with Crippen LogP contribution in [0.15, 0.2) is 24.3 Å². The van der Waals surface area contributed by atoms with E-state index in [1.807, 2.05) is 0 Å². The van der Waals surface area contributed by atoms with E-state index in [1.165, 1.54) is 6.92 Å². The van der Waals surface area contributed by atoms with Crippen LogP contribution in [-0.2, 0) is 9.59 Å². The number of carbonyl (C=O) groups is 3. The molecule has 1 N–H and O–H groups in total. The largest absolute Gasteiger partial charge is 0.427 e. The fourth-order valence-electron chi connectivity index (χ4n) is 3.19. The minimum Gasteiger partial charge on any atom is -0.427 e. The summed E-state index contributed by atoms with van der Waals surface area (Å²) >= 11 is 0. The van der Waals surface area contributed by atoms with Crippen molar-refractivity contribution in [3.05, 3.63) is 29.8 Å². The lowest BCUT2D eigenvalue weighted by Crippen LogP contribution is -2.33. The van der Waals surface area contributed by atoms with Gasteiger partial charge in [0.25, 0.3) is 5.91 Å². The van der Waals surface area contributed by atoms with Crippen molar-refractivity contribution in [3.8, 4) is 5.75 Å². The molecule has 1 aromatic carbocycles. The van der Waals surface area contributed by atoms with Gasteiger partial charge in [-0.15, -0.1) is 0 Å². The number of hydrogen-bond acceptors (Lipinski definition) is 4. The Labute approximate surface area is 128 Å². The van der Waals surface area contributed by atoms with Gasteiger partial charge in [0.2, 0.25) is 5.91 Å². The molecule has 2 aliphatic rings. The summed E-state index contributed by atoms with van der Waals surface area (Å²) in [5.41, 5.74) is 0.383. The molecule has 1 spiro atoms. The number of likely N-dealkylation sites (tertiary alicyclic amines) is 1. The van der Waals surface area contributed by atoms with E-state index >= 15 is 0 Å². The highest BCUT2D eigenvalue weighted by molar-refractivity contribution is 5.95. The molecule has 2 heterocycles. The van der Waals surface area contributed by atoms with Gasteiger partial charge in [0.1, 0.15) is 5.75 Å². The molecule has 0 bridgehead atoms. The highest BCUT2D eigenvalue weighted by Gasteiger charge is 2.45. The highest BCUT2D eigenvalue weighted by Crippen LogP contribution is 2.37. The van der Waals surface area contributed by atoms with E-state index in [0.29, 0.717) is 37.4 Å². The summed E-state index contributed by atoms with van der Waals surface area (Å²) in [5, 5.41) is 2.85. The van der Waals surface area contributed by atoms with Crippen LogP contribution in [0, 0.1) is 5.41 Å². The monoisotopic (exact) mass is 302 g/mol. The minimum absolute atomic E-state index is 0.0613. The number of benzene rings is 1. The Morgan fingerprint density at radius 2 is 2.18 bits per heavy atom. The van der Waals surface area contributed by atoms with Crippen LogP contribution in [-0.4, -0.2) is 42.3 Å². The Kier molecular flexibility index (Phi) is 3.60. The van der Waals surface area contributed by atoms with E-state index in [-0.39, 0.29) is 17.2 Å². The zero-order chi connectivity index (χ0) is 15.7. The van der Waals surface area contributed by atoms with E-state index in [2.05, 4.69) is 5.32 Å². The second-order valence-corrected chi connectivity index (χ2v) is 6.05. The van der Waals surface area contributed by atoms with Crippen molar-refractivity contribution in [2.75, 3.05) is 19.6 Å². The molecule has 116 valence electrons. The van der Waals surface area contributed by atoms with Crippen LogP contribution in [0.2, 0.25) is 0 Å². The molecular weight excluding hydrogens is 284 g/mol. The molecular formula is C16H18N2O4. The first-order valence-electron chi connectivity index (χ1n) is 7.32. The molecule has 2 amide bonds. The Balaban J connectivity index is 1.72. The van der Waals surface area contributed by atoms with E-state index in [1.54, 1.807) is 29.2 Å². The molecule has 1 aromatic rings. The third kappa shape index (κ3) is 2.81. The predicted octanol–water partition coefficient (Wildman–Crippen LogP) is 0.964. The molecule has 0 saturated carbocycles. The van der Waals surface area contributed by atoms with Crippen molar-refractivity contribution in [2.24, 2.45) is 5.41 Å². The molecule has 0 aliphatic carbocycles. The minimum atomic E-state index is -0.416. The van der Waals surface area contributed by atoms with Crippen LogP contribution in [0.25, 0.3) is 0 Å². The molecule has 1 unspecified atom stereocenters. The number of nitrogens with zero attached hydrogens (tertiary/aromatic N) is 1. The zero-order valence-corrected chi connectivity index (χ0v) is 12.4. The summed E-state index contributed by atoms with van der Waals surface area (Å²) in [7, 11) is 0. The van der Waals surface area contributed by atoms with Crippen molar-refractivity contribution in [3.63, 3.8) is 0 Å². The van der Waals surface area contributed by atoms with Gasteiger partial charge >= 0.3 is 5.97 Å². The van der Waals surface area contributed by atoms with Gasteiger partial charge in [0, 0.05) is 44.0 Å². The van der Waals surface area contributed by atoms with Gasteiger partial charge in [-0.05, 0) is 24.6 Å². The maximum Gasteiger partial charge on any atom is 0.308 e. The van der Waals surface area contributed by atoms with Gasteiger partial charge in [-0.2, -0.15) is 0 Å². The Morgan fingerprint density at radius 1 is 1.36 bits per heavy atom. The molecule has 2 fully saturated rings. The molecule has 22 heavy (non-hydrogen) atoms. The number of hydrogen-bond donors (Lipinski definition) is 1. The van der Waals surface area contributed by atoms with Crippen molar-refractivity contribution in [1.29, 1.82) is 0 Å². The first-order chi connectivity index (χ1) is 10.5. The normalized spacial score (nSPS) is 23.7. The van der Waals surface area contributed by atoms with E-state index in [9.17, 15) is 14.4 Å². The number of esters is 1. The van der Waals surface area contributed by atoms with Crippen LogP contribution < -0.4 is 10.1 Å². The standard InChI is InChI=1S/C16H18N2O4/c1-11(19)22-13-4-2-3-12(7-13)15(21)18-6-5-16(10-18)8-14(20)17-9-16/h2-4,7H,5-6,8-10H2,1H3,(H,17,20). The average Bonchev–Trinajstić information content (AvgIpc) is 3.05. The van der Waals surface area contributed by atoms with Gasteiger partial charge in [0.15, 0.2) is 0 Å². The smallest absolute Gasteiger partial charge is 0.308 e. The second-order valence-electron chi connectivity index (χ2n) is 6.05. The van der Waals surface area contributed by atoms with Crippen molar-refractivity contribution < 1.29 is 19.1 Å². The fraction of sp³-hybridized carbons (Fsp3) is 0.438. The summed E-state index contributed by atoms with van der Waals surface area (Å²) in [6.07, 6.45) is 1.32. The molecule has 3 rings (SSSR count). The first-order valence-corrected chi connectivity index (χ1v) is 7.32. The second kappa shape index (κ2) is 5.44. The third-order valence-electron chi connectivity index (χ3n) is 4.26. The lowest BCUT2D eigenvalue weighted by Gasteiger charge is -2.22. The molecule has 0 radical (unpaired) electrons. The first kappa shape index (κ1) is 14.6. The van der Waals surface area contributed by atoms with Gasteiger partial charge in [-0.1, -0.05) is 6.07 Å². The summed E-state index contributed by atoms with van der Waals surface area (Å²) in [6, 6.07) is 6.62. The van der Waals surface area contributed by atoms with Crippen molar-refractivity contribution in [1.82, 2.24) is 10.2 Å². The number of nitrogens with one attached hydrogen (secondary N) is 1. The van der Waals surface area contributed by atoms with Crippen molar-refractivity contribution >= 4 is 17.8 Å². The van der Waals surface area contributed by atoms with Gasteiger partial charge < -0.3 is 15.0 Å². The molecule has 2 aliphatic heterocycles. The van der Waals surface area contributed by atoms with Crippen molar-refractivity contribution in [2.45, 2.75) is 19.8 Å². The van der Waals surface area contributed by atoms with Gasteiger partial charge in [-0.25, -0.2) is 0 Å². The lowest BCUT2D eigenvalue weighted by molar-refractivity contribution is -0.131. The molecule has 2 saturated heterocycles. The highest BCUT2D eigenvalue weighted by atomic mass is 16.5. The topological polar surface area (TPSA) is 75.7 Å². The predicted molar refractivity (Wildman–Crippen MR) is 78.3 cm³/mol. The Morgan fingerprint density at radius 3 is 2.86 bits per heavy atom. The molecule has 6 heteroatoms. The van der Waals surface area contributed by atoms with E-state index in [4.69, 9.17) is 4.74 Å². The van der Waals surface area contributed by atoms with Crippen LogP contribution in [0.5, 0.6) is 5.75 Å². The Bertz CT molecular complexity index is 643. The maximum atomic E-state index is 12.6. The fourth-order valence-corrected chi connectivity index (χ4v) is 3.19. The third-order valence-corrected chi connectivity index (χ3v) is 4.26. The number of rotatable bonds is 2. The SMILES string of the molecule is CC(=O)Oc1cccc(C(=O)N2CCC3(CNC(=O)C3)C2)c1. The van der Waals surface area contributed by atoms with Crippen LogP contribution >= 0.6 is 0 Å².